The number of aliphatic imine (C=N–C) groups is 1. The maximum absolute atomic E-state index is 13.3. The van der Waals surface area contributed by atoms with Gasteiger partial charge in [-0.1, -0.05) is 12.1 Å². The number of hydrogen-bond acceptors (Lipinski definition) is 2. The van der Waals surface area contributed by atoms with Gasteiger partial charge in [-0.3, -0.25) is 4.98 Å². The number of benzene rings is 1. The molecule has 0 radical (unpaired) electrons. The van der Waals surface area contributed by atoms with E-state index in [-0.39, 0.29) is 5.82 Å². The predicted octanol–water partition coefficient (Wildman–Crippen LogP) is 3.14. The lowest BCUT2D eigenvalue weighted by Gasteiger charge is -2.12. The van der Waals surface area contributed by atoms with Gasteiger partial charge in [-0.2, -0.15) is 0 Å². The van der Waals surface area contributed by atoms with E-state index in [1.165, 1.54) is 17.2 Å². The summed E-state index contributed by atoms with van der Waals surface area (Å²) in [6, 6.07) is 7.15. The van der Waals surface area contributed by atoms with Gasteiger partial charge in [0.15, 0.2) is 5.96 Å². The Morgan fingerprint density at radius 2 is 2.00 bits per heavy atom. The fourth-order valence-electron chi connectivity index (χ4n) is 2.42. The SMILES string of the molecule is CCNC(=NCc1ccc(F)c(C)c1)NCCc1ccncc1C. The molecule has 0 atom stereocenters. The van der Waals surface area contributed by atoms with Gasteiger partial charge in [0.25, 0.3) is 0 Å². The topological polar surface area (TPSA) is 49.3 Å². The van der Waals surface area contributed by atoms with Crippen molar-refractivity contribution in [1.82, 2.24) is 15.6 Å². The van der Waals surface area contributed by atoms with Gasteiger partial charge >= 0.3 is 0 Å². The third-order valence-corrected chi connectivity index (χ3v) is 3.81. The zero-order valence-electron chi connectivity index (χ0n) is 14.6. The molecule has 24 heavy (non-hydrogen) atoms. The highest BCUT2D eigenvalue weighted by Gasteiger charge is 2.02. The van der Waals surface area contributed by atoms with Crippen molar-refractivity contribution in [3.63, 3.8) is 0 Å². The highest BCUT2D eigenvalue weighted by molar-refractivity contribution is 5.79. The quantitative estimate of drug-likeness (QED) is 0.633. The second-order valence-electron chi connectivity index (χ2n) is 5.76. The molecular formula is C19H25FN4. The number of rotatable bonds is 6. The molecule has 0 fully saturated rings. The third-order valence-electron chi connectivity index (χ3n) is 3.81. The van der Waals surface area contributed by atoms with Gasteiger partial charge in [-0.25, -0.2) is 9.38 Å². The molecule has 2 N–H and O–H groups in total. The molecule has 1 aromatic heterocycles. The van der Waals surface area contributed by atoms with E-state index in [1.54, 1.807) is 13.0 Å². The van der Waals surface area contributed by atoms with Crippen LogP contribution in [0.5, 0.6) is 0 Å². The molecule has 0 spiro atoms. The number of nitrogens with zero attached hydrogens (tertiary/aromatic N) is 2. The molecule has 5 heteroatoms. The maximum Gasteiger partial charge on any atom is 0.191 e. The lowest BCUT2D eigenvalue weighted by Crippen LogP contribution is -2.38. The first-order valence-electron chi connectivity index (χ1n) is 8.27. The van der Waals surface area contributed by atoms with Gasteiger partial charge in [0.05, 0.1) is 6.54 Å². The highest BCUT2D eigenvalue weighted by Crippen LogP contribution is 2.10. The summed E-state index contributed by atoms with van der Waals surface area (Å²) in [4.78, 5) is 8.68. The fourth-order valence-corrected chi connectivity index (χ4v) is 2.42. The minimum Gasteiger partial charge on any atom is -0.357 e. The lowest BCUT2D eigenvalue weighted by atomic mass is 10.1. The van der Waals surface area contributed by atoms with E-state index in [0.717, 1.165) is 31.0 Å². The van der Waals surface area contributed by atoms with Crippen LogP contribution in [0.2, 0.25) is 0 Å². The standard InChI is InChI=1S/C19H25FN4/c1-4-22-19(23-10-8-17-7-9-21-12-15(17)3)24-13-16-5-6-18(20)14(2)11-16/h5-7,9,11-12H,4,8,10,13H2,1-3H3,(H2,22,23,24). The number of pyridine rings is 1. The van der Waals surface area contributed by atoms with Gasteiger partial charge < -0.3 is 10.6 Å². The molecule has 1 heterocycles. The van der Waals surface area contributed by atoms with Crippen LogP contribution in [0.25, 0.3) is 0 Å². The van der Waals surface area contributed by atoms with E-state index in [9.17, 15) is 4.39 Å². The van der Waals surface area contributed by atoms with Crippen LogP contribution < -0.4 is 10.6 Å². The van der Waals surface area contributed by atoms with Crippen LogP contribution in [0.15, 0.2) is 41.7 Å². The van der Waals surface area contributed by atoms with Gasteiger partial charge in [0, 0.05) is 25.5 Å². The first kappa shape index (κ1) is 17.9. The largest absolute Gasteiger partial charge is 0.357 e. The van der Waals surface area contributed by atoms with Crippen LogP contribution in [-0.4, -0.2) is 24.0 Å². The van der Waals surface area contributed by atoms with Gasteiger partial charge in [-0.05, 0) is 61.6 Å². The van der Waals surface area contributed by atoms with Crippen LogP contribution in [0.4, 0.5) is 4.39 Å². The fraction of sp³-hybridized carbons (Fsp3) is 0.368. The molecule has 2 rings (SSSR count). The Morgan fingerprint density at radius 1 is 1.17 bits per heavy atom. The molecule has 0 aliphatic heterocycles. The number of aromatic nitrogens is 1. The van der Waals surface area contributed by atoms with Crippen molar-refractivity contribution in [1.29, 1.82) is 0 Å². The summed E-state index contributed by atoms with van der Waals surface area (Å²) in [7, 11) is 0. The predicted molar refractivity (Wildman–Crippen MR) is 96.6 cm³/mol. The molecule has 1 aromatic carbocycles. The number of guanidine groups is 1. The van der Waals surface area contributed by atoms with Crippen LogP contribution in [-0.2, 0) is 13.0 Å². The zero-order valence-corrected chi connectivity index (χ0v) is 14.6. The Morgan fingerprint density at radius 3 is 2.71 bits per heavy atom. The average Bonchev–Trinajstić information content (AvgIpc) is 2.57. The van der Waals surface area contributed by atoms with E-state index in [4.69, 9.17) is 0 Å². The Bertz CT molecular complexity index is 698. The third kappa shape index (κ3) is 5.33. The minimum atomic E-state index is -0.180. The smallest absolute Gasteiger partial charge is 0.191 e. The Balaban J connectivity index is 1.93. The average molecular weight is 328 g/mol. The maximum atomic E-state index is 13.3. The van der Waals surface area contributed by atoms with Gasteiger partial charge in [0.1, 0.15) is 5.82 Å². The summed E-state index contributed by atoms with van der Waals surface area (Å²) < 4.78 is 13.3. The second kappa shape index (κ2) is 9.01. The molecule has 0 aliphatic carbocycles. The molecule has 128 valence electrons. The normalized spacial score (nSPS) is 11.4. The number of halogens is 1. The Kier molecular flexibility index (Phi) is 6.73. The van der Waals surface area contributed by atoms with Crippen molar-refractivity contribution < 1.29 is 4.39 Å². The molecule has 0 aliphatic rings. The van der Waals surface area contributed by atoms with Crippen LogP contribution in [0.3, 0.4) is 0 Å². The van der Waals surface area contributed by atoms with Crippen LogP contribution in [0.1, 0.15) is 29.2 Å². The van der Waals surface area contributed by atoms with Crippen molar-refractivity contribution in [3.8, 4) is 0 Å². The number of aryl methyl sites for hydroxylation is 2. The molecule has 0 unspecified atom stereocenters. The summed E-state index contributed by atoms with van der Waals surface area (Å²) in [6.07, 6.45) is 4.61. The van der Waals surface area contributed by atoms with E-state index < -0.39 is 0 Å². The molecule has 0 saturated carbocycles. The zero-order chi connectivity index (χ0) is 17.4. The Labute approximate surface area is 143 Å². The first-order valence-corrected chi connectivity index (χ1v) is 8.27. The van der Waals surface area contributed by atoms with E-state index >= 15 is 0 Å². The molecule has 2 aromatic rings. The van der Waals surface area contributed by atoms with E-state index in [2.05, 4.69) is 27.5 Å². The van der Waals surface area contributed by atoms with Crippen LogP contribution in [0, 0.1) is 19.7 Å². The van der Waals surface area contributed by atoms with Crippen molar-refractivity contribution >= 4 is 5.96 Å². The molecule has 0 saturated heterocycles. The summed E-state index contributed by atoms with van der Waals surface area (Å²) in [6.45, 7) is 7.97. The summed E-state index contributed by atoms with van der Waals surface area (Å²) in [5.41, 5.74) is 4.12. The highest BCUT2D eigenvalue weighted by atomic mass is 19.1. The molecular weight excluding hydrogens is 303 g/mol. The summed E-state index contributed by atoms with van der Waals surface area (Å²) in [5, 5.41) is 6.57. The lowest BCUT2D eigenvalue weighted by molar-refractivity contribution is 0.617. The number of hydrogen-bond donors (Lipinski definition) is 2. The van der Waals surface area contributed by atoms with Gasteiger partial charge in [0.2, 0.25) is 0 Å². The molecule has 4 nitrogen and oxygen atoms in total. The van der Waals surface area contributed by atoms with Crippen molar-refractivity contribution in [2.45, 2.75) is 33.7 Å². The first-order chi connectivity index (χ1) is 11.6. The van der Waals surface area contributed by atoms with Gasteiger partial charge in [-0.15, -0.1) is 0 Å². The minimum absolute atomic E-state index is 0.180. The monoisotopic (exact) mass is 328 g/mol. The Hall–Kier alpha value is -2.43. The van der Waals surface area contributed by atoms with Crippen molar-refractivity contribution in [3.05, 3.63) is 64.7 Å². The van der Waals surface area contributed by atoms with E-state index in [0.29, 0.717) is 12.1 Å². The second-order valence-corrected chi connectivity index (χ2v) is 5.76. The van der Waals surface area contributed by atoms with E-state index in [1.807, 2.05) is 31.5 Å². The molecule has 0 amide bonds. The van der Waals surface area contributed by atoms with Crippen molar-refractivity contribution in [2.75, 3.05) is 13.1 Å². The summed E-state index contributed by atoms with van der Waals surface area (Å²) in [5.74, 6) is 0.590. The summed E-state index contributed by atoms with van der Waals surface area (Å²) >= 11 is 0. The van der Waals surface area contributed by atoms with Crippen LogP contribution >= 0.6 is 0 Å². The molecule has 0 bridgehead atoms. The number of nitrogens with one attached hydrogen (secondary N) is 2. The van der Waals surface area contributed by atoms with Crippen molar-refractivity contribution in [2.24, 2.45) is 4.99 Å².